The molecule has 7 heteroatoms. The molecule has 0 bridgehead atoms. The number of hydrogen-bond donors (Lipinski definition) is 0. The van der Waals surface area contributed by atoms with Crippen molar-refractivity contribution in [2.45, 2.75) is 25.2 Å². The number of piperidine rings is 1. The predicted octanol–water partition coefficient (Wildman–Crippen LogP) is 3.45. The van der Waals surface area contributed by atoms with Crippen LogP contribution in [0, 0.1) is 0 Å². The molecule has 1 amide bonds. The first-order valence-electron chi connectivity index (χ1n) is 10.1. The Morgan fingerprint density at radius 3 is 2.97 bits per heavy atom. The topological polar surface area (TPSA) is 77.7 Å². The van der Waals surface area contributed by atoms with Crippen molar-refractivity contribution in [3.8, 4) is 11.5 Å². The van der Waals surface area contributed by atoms with Gasteiger partial charge in [0.05, 0.1) is 25.4 Å². The first-order valence-corrected chi connectivity index (χ1v) is 10.1. The number of nitrogens with zero attached hydrogens (tertiary/aromatic N) is 3. The number of hydrogen-bond acceptors (Lipinski definition) is 6. The minimum atomic E-state index is -0.0376. The van der Waals surface area contributed by atoms with Gasteiger partial charge in [-0.25, -0.2) is 4.98 Å². The maximum absolute atomic E-state index is 12.6. The molecule has 1 aromatic carbocycles. The van der Waals surface area contributed by atoms with Crippen LogP contribution in [0.25, 0.3) is 0 Å². The lowest BCUT2D eigenvalue weighted by atomic mass is 9.98. The molecule has 1 fully saturated rings. The lowest BCUT2D eigenvalue weighted by Gasteiger charge is -2.31. The van der Waals surface area contributed by atoms with Gasteiger partial charge in [0.15, 0.2) is 12.5 Å². The number of benzene rings is 1. The van der Waals surface area contributed by atoms with E-state index >= 15 is 0 Å². The zero-order chi connectivity index (χ0) is 20.8. The molecule has 1 atom stereocenters. The maximum atomic E-state index is 12.6. The van der Waals surface area contributed by atoms with E-state index in [1.807, 2.05) is 29.2 Å². The SMILES string of the molecule is COc1ccccc1Cc1cnc([C@H]2CCCN(C(=O)COc3cccnc3)C2)o1. The minimum Gasteiger partial charge on any atom is -0.496 e. The normalized spacial score (nSPS) is 16.3. The zero-order valence-electron chi connectivity index (χ0n) is 17.0. The van der Waals surface area contributed by atoms with E-state index in [1.165, 1.54) is 0 Å². The van der Waals surface area contributed by atoms with Crippen LogP contribution in [-0.2, 0) is 11.2 Å². The van der Waals surface area contributed by atoms with Gasteiger partial charge in [-0.15, -0.1) is 0 Å². The number of oxazole rings is 1. The Kier molecular flexibility index (Phi) is 6.27. The molecule has 3 aromatic rings. The van der Waals surface area contributed by atoms with Gasteiger partial charge in [-0.3, -0.25) is 9.78 Å². The van der Waals surface area contributed by atoms with Crippen LogP contribution < -0.4 is 9.47 Å². The summed E-state index contributed by atoms with van der Waals surface area (Å²) in [4.78, 5) is 22.9. The number of para-hydroxylation sites is 1. The first kappa shape index (κ1) is 19.9. The second-order valence-corrected chi connectivity index (χ2v) is 7.31. The first-order chi connectivity index (χ1) is 14.7. The van der Waals surface area contributed by atoms with Crippen molar-refractivity contribution in [1.29, 1.82) is 0 Å². The lowest BCUT2D eigenvalue weighted by molar-refractivity contribution is -0.134. The quantitative estimate of drug-likeness (QED) is 0.597. The molecular weight excluding hydrogens is 382 g/mol. The molecule has 0 aliphatic carbocycles. The number of rotatable bonds is 7. The van der Waals surface area contributed by atoms with E-state index in [4.69, 9.17) is 13.9 Å². The van der Waals surface area contributed by atoms with Crippen LogP contribution in [0.3, 0.4) is 0 Å². The van der Waals surface area contributed by atoms with Crippen molar-refractivity contribution in [2.24, 2.45) is 0 Å². The third-order valence-electron chi connectivity index (χ3n) is 5.25. The average molecular weight is 407 g/mol. The fourth-order valence-electron chi connectivity index (χ4n) is 3.70. The van der Waals surface area contributed by atoms with Crippen molar-refractivity contribution in [2.75, 3.05) is 26.8 Å². The highest BCUT2D eigenvalue weighted by molar-refractivity contribution is 5.78. The molecule has 0 saturated carbocycles. The fourth-order valence-corrected chi connectivity index (χ4v) is 3.70. The smallest absolute Gasteiger partial charge is 0.260 e. The molecule has 1 aliphatic rings. The van der Waals surface area contributed by atoms with Crippen LogP contribution in [0.4, 0.5) is 0 Å². The molecular formula is C23H25N3O4. The predicted molar refractivity (Wildman–Crippen MR) is 111 cm³/mol. The Balaban J connectivity index is 1.36. The monoisotopic (exact) mass is 407 g/mol. The molecule has 30 heavy (non-hydrogen) atoms. The van der Waals surface area contributed by atoms with E-state index < -0.39 is 0 Å². The van der Waals surface area contributed by atoms with E-state index in [0.29, 0.717) is 24.6 Å². The minimum absolute atomic E-state index is 0.00302. The lowest BCUT2D eigenvalue weighted by Crippen LogP contribution is -2.41. The van der Waals surface area contributed by atoms with Crippen LogP contribution in [0.5, 0.6) is 11.5 Å². The molecule has 1 saturated heterocycles. The molecule has 2 aromatic heterocycles. The highest BCUT2D eigenvalue weighted by Crippen LogP contribution is 2.28. The van der Waals surface area contributed by atoms with Crippen molar-refractivity contribution in [1.82, 2.24) is 14.9 Å². The number of amides is 1. The van der Waals surface area contributed by atoms with Crippen LogP contribution in [0.1, 0.15) is 36.0 Å². The number of methoxy groups -OCH3 is 1. The van der Waals surface area contributed by atoms with E-state index in [2.05, 4.69) is 9.97 Å². The van der Waals surface area contributed by atoms with E-state index in [-0.39, 0.29) is 18.4 Å². The van der Waals surface area contributed by atoms with Crippen LogP contribution in [0.2, 0.25) is 0 Å². The van der Waals surface area contributed by atoms with Crippen molar-refractivity contribution >= 4 is 5.91 Å². The van der Waals surface area contributed by atoms with Gasteiger partial charge in [0, 0.05) is 31.3 Å². The Morgan fingerprint density at radius 2 is 2.13 bits per heavy atom. The maximum Gasteiger partial charge on any atom is 0.260 e. The summed E-state index contributed by atoms with van der Waals surface area (Å²) in [6.07, 6.45) is 7.51. The number of aromatic nitrogens is 2. The van der Waals surface area contributed by atoms with Gasteiger partial charge >= 0.3 is 0 Å². The molecule has 1 aliphatic heterocycles. The number of pyridine rings is 1. The highest BCUT2D eigenvalue weighted by Gasteiger charge is 2.28. The van der Waals surface area contributed by atoms with Gasteiger partial charge in [-0.2, -0.15) is 0 Å². The van der Waals surface area contributed by atoms with Gasteiger partial charge in [0.25, 0.3) is 5.91 Å². The summed E-state index contributed by atoms with van der Waals surface area (Å²) in [7, 11) is 1.66. The van der Waals surface area contributed by atoms with Crippen molar-refractivity contribution in [3.05, 3.63) is 72.2 Å². The molecule has 7 nitrogen and oxygen atoms in total. The Hall–Kier alpha value is -3.35. The largest absolute Gasteiger partial charge is 0.496 e. The molecule has 0 N–H and O–H groups in total. The summed E-state index contributed by atoms with van der Waals surface area (Å²) in [5.74, 6) is 2.95. The number of likely N-dealkylation sites (tertiary alicyclic amines) is 1. The van der Waals surface area contributed by atoms with Crippen LogP contribution >= 0.6 is 0 Å². The molecule has 0 radical (unpaired) electrons. The molecule has 0 unspecified atom stereocenters. The van der Waals surface area contributed by atoms with Crippen molar-refractivity contribution in [3.63, 3.8) is 0 Å². The Bertz CT molecular complexity index is 973. The Labute approximate surface area is 175 Å². The zero-order valence-corrected chi connectivity index (χ0v) is 17.0. The fraction of sp³-hybridized carbons (Fsp3) is 0.348. The summed E-state index contributed by atoms with van der Waals surface area (Å²) in [6, 6.07) is 11.4. The van der Waals surface area contributed by atoms with E-state index in [0.717, 1.165) is 36.5 Å². The third kappa shape index (κ3) is 4.79. The molecule has 156 valence electrons. The Morgan fingerprint density at radius 1 is 1.23 bits per heavy atom. The van der Waals surface area contributed by atoms with Gasteiger partial charge in [0.1, 0.15) is 17.3 Å². The summed E-state index contributed by atoms with van der Waals surface area (Å²) in [5.41, 5.74) is 1.05. The van der Waals surface area contributed by atoms with E-state index in [1.54, 1.807) is 37.8 Å². The summed E-state index contributed by atoms with van der Waals surface area (Å²) < 4.78 is 17.0. The number of carbonyl (C=O) groups is 1. The average Bonchev–Trinajstić information content (AvgIpc) is 3.27. The summed E-state index contributed by atoms with van der Waals surface area (Å²) in [5, 5.41) is 0. The van der Waals surface area contributed by atoms with Gasteiger partial charge < -0.3 is 18.8 Å². The molecule has 4 rings (SSSR count). The number of carbonyl (C=O) groups excluding carboxylic acids is 1. The van der Waals surface area contributed by atoms with Crippen molar-refractivity contribution < 1.29 is 18.7 Å². The number of ether oxygens (including phenoxy) is 2. The summed E-state index contributed by atoms with van der Waals surface area (Å²) in [6.45, 7) is 1.31. The summed E-state index contributed by atoms with van der Waals surface area (Å²) >= 11 is 0. The molecule has 3 heterocycles. The van der Waals surface area contributed by atoms with Gasteiger partial charge in [0.2, 0.25) is 0 Å². The second kappa shape index (κ2) is 9.43. The third-order valence-corrected chi connectivity index (χ3v) is 5.25. The molecule has 0 spiro atoms. The van der Waals surface area contributed by atoms with Crippen LogP contribution in [0.15, 0.2) is 59.4 Å². The standard InChI is InChI=1S/C23H25N3O4/c1-28-21-9-3-2-6-17(21)12-20-14-25-23(30-20)18-7-5-11-26(15-18)22(27)16-29-19-8-4-10-24-13-19/h2-4,6,8-10,13-14,18H,5,7,11-12,15-16H2,1H3/t18-/m0/s1. The van der Waals surface area contributed by atoms with Gasteiger partial charge in [-0.05, 0) is 31.0 Å². The second-order valence-electron chi connectivity index (χ2n) is 7.31. The van der Waals surface area contributed by atoms with Crippen LogP contribution in [-0.4, -0.2) is 47.6 Å². The van der Waals surface area contributed by atoms with E-state index in [9.17, 15) is 4.79 Å². The van der Waals surface area contributed by atoms with Gasteiger partial charge in [-0.1, -0.05) is 18.2 Å². The highest BCUT2D eigenvalue weighted by atomic mass is 16.5.